The number of hydrogen-bond donors (Lipinski definition) is 1. The lowest BCUT2D eigenvalue weighted by Crippen LogP contribution is -2.45. The molecule has 0 bridgehead atoms. The maximum Gasteiger partial charge on any atom is 0.315 e. The lowest BCUT2D eigenvalue weighted by Gasteiger charge is -2.40. The van der Waals surface area contributed by atoms with Crippen LogP contribution in [0, 0.1) is 0 Å². The number of methoxy groups -OCH3 is 1. The molecule has 1 fully saturated rings. The van der Waals surface area contributed by atoms with Gasteiger partial charge in [0.05, 0.1) is 5.60 Å². The molecule has 6 heteroatoms. The molecule has 90 valence electrons. The van der Waals surface area contributed by atoms with Crippen LogP contribution in [0.2, 0.25) is 0 Å². The summed E-state index contributed by atoms with van der Waals surface area (Å²) in [5, 5.41) is 10.9. The third-order valence-electron chi connectivity index (χ3n) is 3.03. The summed E-state index contributed by atoms with van der Waals surface area (Å²) < 4.78 is 10.8. The standard InChI is InChI=1S/C10H16ClN3O2/c1-15-10(4-2-5-10)7-12-9-14-13-8(16-9)3-6-11/h2-7H2,1H3,(H,12,14). The molecule has 0 amide bonds. The van der Waals surface area contributed by atoms with Gasteiger partial charge in [0.15, 0.2) is 0 Å². The van der Waals surface area contributed by atoms with Crippen molar-refractivity contribution in [3.05, 3.63) is 5.89 Å². The van der Waals surface area contributed by atoms with Crippen molar-refractivity contribution < 1.29 is 9.15 Å². The zero-order valence-corrected chi connectivity index (χ0v) is 10.1. The molecule has 0 atom stereocenters. The molecule has 1 aromatic heterocycles. The van der Waals surface area contributed by atoms with Crippen LogP contribution in [-0.2, 0) is 11.2 Å². The molecule has 0 saturated heterocycles. The molecule has 1 heterocycles. The van der Waals surface area contributed by atoms with Crippen LogP contribution in [0.5, 0.6) is 0 Å². The average molecular weight is 246 g/mol. The van der Waals surface area contributed by atoms with Gasteiger partial charge in [0.25, 0.3) is 0 Å². The number of hydrogen-bond acceptors (Lipinski definition) is 5. The predicted molar refractivity (Wildman–Crippen MR) is 60.8 cm³/mol. The number of ether oxygens (including phenoxy) is 1. The van der Waals surface area contributed by atoms with Crippen molar-refractivity contribution in [3.8, 4) is 0 Å². The Labute approximate surface area is 99.5 Å². The number of rotatable bonds is 6. The lowest BCUT2D eigenvalue weighted by atomic mass is 9.80. The van der Waals surface area contributed by atoms with Crippen LogP contribution in [0.1, 0.15) is 25.2 Å². The van der Waals surface area contributed by atoms with Crippen LogP contribution >= 0.6 is 11.6 Å². The van der Waals surface area contributed by atoms with Gasteiger partial charge in [-0.1, -0.05) is 5.10 Å². The third kappa shape index (κ3) is 2.47. The second kappa shape index (κ2) is 5.01. The Morgan fingerprint density at radius 2 is 2.31 bits per heavy atom. The van der Waals surface area contributed by atoms with E-state index in [0.717, 1.165) is 12.8 Å². The largest absolute Gasteiger partial charge is 0.408 e. The fourth-order valence-corrected chi connectivity index (χ4v) is 1.93. The SMILES string of the molecule is COC1(CNc2nnc(CCCl)o2)CCC1. The van der Waals surface area contributed by atoms with Crippen LogP contribution in [0.3, 0.4) is 0 Å². The van der Waals surface area contributed by atoms with Crippen molar-refractivity contribution >= 4 is 17.6 Å². The average Bonchev–Trinajstić information content (AvgIpc) is 2.66. The number of nitrogens with one attached hydrogen (secondary N) is 1. The van der Waals surface area contributed by atoms with E-state index in [9.17, 15) is 0 Å². The maximum absolute atomic E-state index is 5.58. The first-order valence-electron chi connectivity index (χ1n) is 5.45. The van der Waals surface area contributed by atoms with Crippen LogP contribution in [-0.4, -0.2) is 35.3 Å². The van der Waals surface area contributed by atoms with E-state index in [1.807, 2.05) is 0 Å². The van der Waals surface area contributed by atoms with Gasteiger partial charge in [-0.2, -0.15) is 0 Å². The van der Waals surface area contributed by atoms with Crippen LogP contribution in [0.25, 0.3) is 0 Å². The van der Waals surface area contributed by atoms with E-state index in [1.54, 1.807) is 7.11 Å². The third-order valence-corrected chi connectivity index (χ3v) is 3.22. The highest BCUT2D eigenvalue weighted by atomic mass is 35.5. The van der Waals surface area contributed by atoms with E-state index < -0.39 is 0 Å². The second-order valence-electron chi connectivity index (χ2n) is 4.03. The highest BCUT2D eigenvalue weighted by molar-refractivity contribution is 6.17. The molecule has 1 saturated carbocycles. The number of aromatic nitrogens is 2. The predicted octanol–water partition coefficient (Wildman–Crippen LogP) is 1.83. The number of aryl methyl sites for hydroxylation is 1. The lowest BCUT2D eigenvalue weighted by molar-refractivity contribution is -0.0604. The van der Waals surface area contributed by atoms with Crippen LogP contribution < -0.4 is 5.32 Å². The molecule has 0 unspecified atom stereocenters. The van der Waals surface area contributed by atoms with Crippen molar-refractivity contribution in [1.82, 2.24) is 10.2 Å². The maximum atomic E-state index is 5.58. The molecular weight excluding hydrogens is 230 g/mol. The molecule has 1 aromatic rings. The molecule has 16 heavy (non-hydrogen) atoms. The molecule has 5 nitrogen and oxygen atoms in total. The number of anilines is 1. The first kappa shape index (κ1) is 11.7. The first-order valence-corrected chi connectivity index (χ1v) is 5.99. The van der Waals surface area contributed by atoms with Gasteiger partial charge in [-0.15, -0.1) is 16.7 Å². The molecule has 0 aromatic carbocycles. The summed E-state index contributed by atoms with van der Waals surface area (Å²) in [5.41, 5.74) is -0.0406. The fraction of sp³-hybridized carbons (Fsp3) is 0.800. The highest BCUT2D eigenvalue weighted by Gasteiger charge is 2.37. The first-order chi connectivity index (χ1) is 7.78. The minimum absolute atomic E-state index is 0.0406. The minimum atomic E-state index is -0.0406. The molecule has 1 aliphatic carbocycles. The molecular formula is C10H16ClN3O2. The molecule has 1 aliphatic rings. The number of alkyl halides is 1. The smallest absolute Gasteiger partial charge is 0.315 e. The Kier molecular flexibility index (Phi) is 3.66. The quantitative estimate of drug-likeness (QED) is 0.775. The second-order valence-corrected chi connectivity index (χ2v) is 4.41. The van der Waals surface area contributed by atoms with E-state index in [1.165, 1.54) is 6.42 Å². The molecule has 0 spiro atoms. The summed E-state index contributed by atoms with van der Waals surface area (Å²) in [5.74, 6) is 1.06. The van der Waals surface area contributed by atoms with E-state index in [0.29, 0.717) is 30.8 Å². The van der Waals surface area contributed by atoms with Gasteiger partial charge in [-0.05, 0) is 19.3 Å². The molecule has 1 N–H and O–H groups in total. The van der Waals surface area contributed by atoms with Crippen molar-refractivity contribution in [2.45, 2.75) is 31.3 Å². The van der Waals surface area contributed by atoms with Crippen molar-refractivity contribution in [1.29, 1.82) is 0 Å². The van der Waals surface area contributed by atoms with E-state index in [-0.39, 0.29) is 5.60 Å². The van der Waals surface area contributed by atoms with Crippen LogP contribution in [0.15, 0.2) is 4.42 Å². The van der Waals surface area contributed by atoms with Gasteiger partial charge in [-0.3, -0.25) is 0 Å². The monoisotopic (exact) mass is 245 g/mol. The molecule has 0 radical (unpaired) electrons. The van der Waals surface area contributed by atoms with Crippen molar-refractivity contribution in [2.24, 2.45) is 0 Å². The van der Waals surface area contributed by atoms with Gasteiger partial charge in [-0.25, -0.2) is 0 Å². The van der Waals surface area contributed by atoms with E-state index >= 15 is 0 Å². The summed E-state index contributed by atoms with van der Waals surface area (Å²) in [6.07, 6.45) is 3.99. The summed E-state index contributed by atoms with van der Waals surface area (Å²) in [4.78, 5) is 0. The fourth-order valence-electron chi connectivity index (χ4n) is 1.77. The summed E-state index contributed by atoms with van der Waals surface area (Å²) in [7, 11) is 1.74. The van der Waals surface area contributed by atoms with Crippen LogP contribution in [0.4, 0.5) is 6.01 Å². The highest BCUT2D eigenvalue weighted by Crippen LogP contribution is 2.34. The Balaban J connectivity index is 1.84. The zero-order valence-electron chi connectivity index (χ0n) is 9.33. The summed E-state index contributed by atoms with van der Waals surface area (Å²) in [6.45, 7) is 0.714. The van der Waals surface area contributed by atoms with Gasteiger partial charge < -0.3 is 14.5 Å². The molecule has 0 aliphatic heterocycles. The molecule has 2 rings (SSSR count). The van der Waals surface area contributed by atoms with Crippen molar-refractivity contribution in [2.75, 3.05) is 24.9 Å². The Hall–Kier alpha value is -0.810. The topological polar surface area (TPSA) is 60.2 Å². The Morgan fingerprint density at radius 3 is 2.88 bits per heavy atom. The van der Waals surface area contributed by atoms with Gasteiger partial charge in [0.1, 0.15) is 0 Å². The van der Waals surface area contributed by atoms with E-state index in [2.05, 4.69) is 15.5 Å². The van der Waals surface area contributed by atoms with Gasteiger partial charge in [0, 0.05) is 26.0 Å². The number of halogens is 1. The summed E-state index contributed by atoms with van der Waals surface area (Å²) >= 11 is 5.58. The van der Waals surface area contributed by atoms with Gasteiger partial charge >= 0.3 is 6.01 Å². The minimum Gasteiger partial charge on any atom is -0.408 e. The Bertz CT molecular complexity index is 333. The number of nitrogens with zero attached hydrogens (tertiary/aromatic N) is 2. The summed E-state index contributed by atoms with van der Waals surface area (Å²) in [6, 6.07) is 0.448. The van der Waals surface area contributed by atoms with Gasteiger partial charge in [0.2, 0.25) is 5.89 Å². The Morgan fingerprint density at radius 1 is 1.50 bits per heavy atom. The zero-order chi connectivity index (χ0) is 11.4. The van der Waals surface area contributed by atoms with Crippen molar-refractivity contribution in [3.63, 3.8) is 0 Å². The normalized spacial score (nSPS) is 18.1. The van der Waals surface area contributed by atoms with E-state index in [4.69, 9.17) is 20.8 Å².